The van der Waals surface area contributed by atoms with Crippen molar-refractivity contribution < 1.29 is 14.0 Å². The predicted molar refractivity (Wildman–Crippen MR) is 130 cm³/mol. The third-order valence-electron chi connectivity index (χ3n) is 5.88. The SMILES string of the molecule is O=C(Nc1ccc(F)cc1)c1cc2c([nH]c3ccccc32)c(C(=O)c2c[nH]c3ccccc23)n1. The number of nitrogens with one attached hydrogen (secondary N) is 3. The molecule has 7 heteroatoms. The van der Waals surface area contributed by atoms with Crippen molar-refractivity contribution in [3.8, 4) is 0 Å². The van der Waals surface area contributed by atoms with Crippen molar-refractivity contribution in [3.05, 3.63) is 108 Å². The Labute approximate surface area is 192 Å². The number of H-pyrrole nitrogens is 2. The van der Waals surface area contributed by atoms with Crippen molar-refractivity contribution in [1.82, 2.24) is 15.0 Å². The van der Waals surface area contributed by atoms with Gasteiger partial charge in [0.25, 0.3) is 5.91 Å². The molecule has 0 fully saturated rings. The van der Waals surface area contributed by atoms with E-state index in [1.54, 1.807) is 12.3 Å². The Bertz CT molecular complexity index is 1730. The van der Waals surface area contributed by atoms with E-state index in [4.69, 9.17) is 0 Å². The average Bonchev–Trinajstić information content (AvgIpc) is 3.46. The zero-order valence-electron chi connectivity index (χ0n) is 17.7. The highest BCUT2D eigenvalue weighted by atomic mass is 19.1. The maximum absolute atomic E-state index is 13.7. The third-order valence-corrected chi connectivity index (χ3v) is 5.88. The number of amides is 1. The lowest BCUT2D eigenvalue weighted by molar-refractivity contribution is 0.102. The molecule has 3 N–H and O–H groups in total. The van der Waals surface area contributed by atoms with E-state index in [0.29, 0.717) is 16.8 Å². The molecule has 164 valence electrons. The fourth-order valence-corrected chi connectivity index (χ4v) is 4.24. The minimum Gasteiger partial charge on any atom is -0.360 e. The molecule has 0 saturated heterocycles. The Hall–Kier alpha value is -4.78. The normalized spacial score (nSPS) is 11.3. The largest absolute Gasteiger partial charge is 0.360 e. The van der Waals surface area contributed by atoms with E-state index in [1.165, 1.54) is 24.3 Å². The lowest BCUT2D eigenvalue weighted by atomic mass is 10.0. The molecule has 6 aromatic rings. The van der Waals surface area contributed by atoms with E-state index >= 15 is 0 Å². The number of aromatic amines is 2. The third kappa shape index (κ3) is 3.22. The zero-order chi connectivity index (χ0) is 23.2. The number of hydrogen-bond acceptors (Lipinski definition) is 3. The van der Waals surface area contributed by atoms with Crippen LogP contribution in [0, 0.1) is 5.82 Å². The molecule has 6 rings (SSSR count). The molecule has 3 heterocycles. The molecule has 6 nitrogen and oxygen atoms in total. The predicted octanol–water partition coefficient (Wildman–Crippen LogP) is 5.82. The van der Waals surface area contributed by atoms with Crippen molar-refractivity contribution in [3.63, 3.8) is 0 Å². The molecule has 3 aromatic carbocycles. The van der Waals surface area contributed by atoms with Crippen LogP contribution in [-0.4, -0.2) is 26.6 Å². The fourth-order valence-electron chi connectivity index (χ4n) is 4.24. The smallest absolute Gasteiger partial charge is 0.274 e. The summed E-state index contributed by atoms with van der Waals surface area (Å²) in [4.78, 5) is 37.7. The first-order valence-corrected chi connectivity index (χ1v) is 10.7. The van der Waals surface area contributed by atoms with Crippen LogP contribution < -0.4 is 5.32 Å². The van der Waals surface area contributed by atoms with Crippen LogP contribution >= 0.6 is 0 Å². The highest BCUT2D eigenvalue weighted by Crippen LogP contribution is 2.30. The fraction of sp³-hybridized carbons (Fsp3) is 0. The number of benzene rings is 3. The summed E-state index contributed by atoms with van der Waals surface area (Å²) in [5.41, 5.74) is 3.38. The number of para-hydroxylation sites is 2. The van der Waals surface area contributed by atoms with Crippen LogP contribution in [-0.2, 0) is 0 Å². The number of fused-ring (bicyclic) bond motifs is 4. The van der Waals surface area contributed by atoms with E-state index in [9.17, 15) is 14.0 Å². The molecular weight excluding hydrogens is 431 g/mol. The van der Waals surface area contributed by atoms with Crippen LogP contribution in [0.3, 0.4) is 0 Å². The highest BCUT2D eigenvalue weighted by molar-refractivity contribution is 6.23. The Morgan fingerprint density at radius 3 is 2.32 bits per heavy atom. The van der Waals surface area contributed by atoms with E-state index in [1.807, 2.05) is 48.5 Å². The van der Waals surface area contributed by atoms with Gasteiger partial charge in [-0.3, -0.25) is 9.59 Å². The van der Waals surface area contributed by atoms with E-state index in [2.05, 4.69) is 20.3 Å². The van der Waals surface area contributed by atoms with Gasteiger partial charge in [-0.25, -0.2) is 9.37 Å². The minimum atomic E-state index is -0.494. The molecule has 3 aromatic heterocycles. The van der Waals surface area contributed by atoms with Crippen LogP contribution in [0.1, 0.15) is 26.5 Å². The standard InChI is InChI=1S/C27H17FN4O2/c28-15-9-11-16(12-10-15)30-27(34)23-13-19-17-5-2-4-8-22(17)31-24(19)25(32-23)26(33)20-14-29-21-7-3-1-6-18(20)21/h1-14,29,31H,(H,30,34). The van der Waals surface area contributed by atoms with Crippen LogP contribution in [0.25, 0.3) is 32.7 Å². The lowest BCUT2D eigenvalue weighted by Crippen LogP contribution is -2.16. The maximum Gasteiger partial charge on any atom is 0.274 e. The average molecular weight is 448 g/mol. The van der Waals surface area contributed by atoms with Gasteiger partial charge < -0.3 is 15.3 Å². The second-order valence-corrected chi connectivity index (χ2v) is 7.99. The molecule has 0 radical (unpaired) electrons. The zero-order valence-corrected chi connectivity index (χ0v) is 17.7. The molecule has 0 unspecified atom stereocenters. The number of halogens is 1. The number of hydrogen-bond donors (Lipinski definition) is 3. The van der Waals surface area contributed by atoms with Gasteiger partial charge in [0.2, 0.25) is 5.78 Å². The Kier molecular flexibility index (Phi) is 4.48. The maximum atomic E-state index is 13.7. The summed E-state index contributed by atoms with van der Waals surface area (Å²) in [7, 11) is 0. The van der Waals surface area contributed by atoms with Crippen molar-refractivity contribution in [2.75, 3.05) is 5.32 Å². The van der Waals surface area contributed by atoms with Crippen LogP contribution in [0.2, 0.25) is 0 Å². The van der Waals surface area contributed by atoms with Gasteiger partial charge >= 0.3 is 0 Å². The molecule has 0 spiro atoms. The van der Waals surface area contributed by atoms with Crippen LogP contribution in [0.5, 0.6) is 0 Å². The van der Waals surface area contributed by atoms with Gasteiger partial charge in [-0.05, 0) is 42.5 Å². The summed E-state index contributed by atoms with van der Waals surface area (Å²) in [6.45, 7) is 0. The van der Waals surface area contributed by atoms with E-state index in [0.717, 1.165) is 27.2 Å². The number of pyridine rings is 1. The summed E-state index contributed by atoms with van der Waals surface area (Å²) < 4.78 is 13.3. The first kappa shape index (κ1) is 19.9. The van der Waals surface area contributed by atoms with Crippen LogP contribution in [0.15, 0.2) is 85.1 Å². The summed E-state index contributed by atoms with van der Waals surface area (Å²) in [5.74, 6) is -1.19. The molecule has 0 aliphatic rings. The van der Waals surface area contributed by atoms with Gasteiger partial charge in [0.05, 0.1) is 5.52 Å². The van der Waals surface area contributed by atoms with Crippen molar-refractivity contribution in [2.24, 2.45) is 0 Å². The Balaban J connectivity index is 1.53. The van der Waals surface area contributed by atoms with Crippen molar-refractivity contribution >= 4 is 50.1 Å². The number of ketones is 1. The quantitative estimate of drug-likeness (QED) is 0.297. The first-order valence-electron chi connectivity index (χ1n) is 10.7. The summed E-state index contributed by atoms with van der Waals surface area (Å²) in [6, 6.07) is 22.3. The van der Waals surface area contributed by atoms with Crippen LogP contribution in [0.4, 0.5) is 10.1 Å². The highest BCUT2D eigenvalue weighted by Gasteiger charge is 2.23. The van der Waals surface area contributed by atoms with E-state index in [-0.39, 0.29) is 17.2 Å². The second-order valence-electron chi connectivity index (χ2n) is 7.99. The number of rotatable bonds is 4. The number of carbonyl (C=O) groups excluding carboxylic acids is 2. The van der Waals surface area contributed by atoms with Gasteiger partial charge in [0, 0.05) is 44.6 Å². The number of anilines is 1. The molecule has 34 heavy (non-hydrogen) atoms. The summed E-state index contributed by atoms with van der Waals surface area (Å²) in [5, 5.41) is 5.10. The Morgan fingerprint density at radius 1 is 0.824 bits per heavy atom. The summed E-state index contributed by atoms with van der Waals surface area (Å²) in [6.07, 6.45) is 1.66. The summed E-state index contributed by atoms with van der Waals surface area (Å²) >= 11 is 0. The topological polar surface area (TPSA) is 90.6 Å². The molecule has 0 aliphatic carbocycles. The molecule has 0 saturated carbocycles. The lowest BCUT2D eigenvalue weighted by Gasteiger charge is -2.08. The molecule has 0 bridgehead atoms. The van der Waals surface area contributed by atoms with E-state index < -0.39 is 11.7 Å². The van der Waals surface area contributed by atoms with Gasteiger partial charge in [0.15, 0.2) is 0 Å². The second kappa shape index (κ2) is 7.67. The minimum absolute atomic E-state index is 0.0877. The monoisotopic (exact) mass is 448 g/mol. The Morgan fingerprint density at radius 2 is 1.53 bits per heavy atom. The molecule has 0 aliphatic heterocycles. The first-order chi connectivity index (χ1) is 16.6. The van der Waals surface area contributed by atoms with Gasteiger partial charge in [-0.1, -0.05) is 36.4 Å². The van der Waals surface area contributed by atoms with Gasteiger partial charge in [-0.15, -0.1) is 0 Å². The molecule has 1 amide bonds. The number of aromatic nitrogens is 3. The van der Waals surface area contributed by atoms with Crippen molar-refractivity contribution in [2.45, 2.75) is 0 Å². The number of nitrogens with zero attached hydrogens (tertiary/aromatic N) is 1. The molecule has 0 atom stereocenters. The molecular formula is C27H17FN4O2. The van der Waals surface area contributed by atoms with Gasteiger partial charge in [0.1, 0.15) is 17.2 Å². The van der Waals surface area contributed by atoms with Gasteiger partial charge in [-0.2, -0.15) is 0 Å². The van der Waals surface area contributed by atoms with Crippen molar-refractivity contribution in [1.29, 1.82) is 0 Å². The number of carbonyl (C=O) groups is 2.